The largest absolute Gasteiger partial charge is 0.484 e. The Morgan fingerprint density at radius 3 is 2.16 bits per heavy atom. The summed E-state index contributed by atoms with van der Waals surface area (Å²) < 4.78 is 5.75. The minimum absolute atomic E-state index is 0.0120. The van der Waals surface area contributed by atoms with E-state index in [1.165, 1.54) is 4.90 Å². The van der Waals surface area contributed by atoms with Gasteiger partial charge in [0.25, 0.3) is 5.91 Å². The molecule has 2 aromatic rings. The van der Waals surface area contributed by atoms with Crippen LogP contribution in [0, 0.1) is 13.8 Å². The lowest BCUT2D eigenvalue weighted by Gasteiger charge is -2.30. The lowest BCUT2D eigenvalue weighted by molar-refractivity contribution is -0.142. The minimum Gasteiger partial charge on any atom is -0.484 e. The molecule has 0 bridgehead atoms. The van der Waals surface area contributed by atoms with E-state index in [0.717, 1.165) is 17.5 Å². The van der Waals surface area contributed by atoms with Crippen LogP contribution < -0.4 is 10.1 Å². The molecule has 1 N–H and O–H groups in total. The second kappa shape index (κ2) is 11.8. The van der Waals surface area contributed by atoms with Gasteiger partial charge in [0, 0.05) is 33.2 Å². The highest BCUT2D eigenvalue weighted by Gasteiger charge is 2.28. The summed E-state index contributed by atoms with van der Waals surface area (Å²) in [4.78, 5) is 27.4. The van der Waals surface area contributed by atoms with E-state index in [-0.39, 0.29) is 31.0 Å². The van der Waals surface area contributed by atoms with Gasteiger partial charge in [0.1, 0.15) is 11.8 Å². The minimum atomic E-state index is -0.749. The van der Waals surface area contributed by atoms with Crippen molar-refractivity contribution >= 4 is 46.6 Å². The van der Waals surface area contributed by atoms with Crippen molar-refractivity contribution in [2.75, 3.05) is 6.61 Å². The third-order valence-corrected chi connectivity index (χ3v) is 6.64. The van der Waals surface area contributed by atoms with Crippen LogP contribution in [0.3, 0.4) is 0 Å². The van der Waals surface area contributed by atoms with Gasteiger partial charge in [0.2, 0.25) is 5.91 Å². The van der Waals surface area contributed by atoms with E-state index in [2.05, 4.69) is 5.32 Å². The summed E-state index contributed by atoms with van der Waals surface area (Å²) >= 11 is 18.9. The topological polar surface area (TPSA) is 58.6 Å². The van der Waals surface area contributed by atoms with Crippen molar-refractivity contribution in [1.82, 2.24) is 10.2 Å². The summed E-state index contributed by atoms with van der Waals surface area (Å²) in [5, 5.41) is 4.43. The van der Waals surface area contributed by atoms with E-state index in [1.807, 2.05) is 27.7 Å². The second-order valence-electron chi connectivity index (χ2n) is 7.88. The number of rotatable bonds is 9. The fraction of sp³-hybridized carbons (Fsp3) is 0.417. The third-order valence-electron chi connectivity index (χ3n) is 5.33. The summed E-state index contributed by atoms with van der Waals surface area (Å²) in [6.07, 6.45) is 0.779. The molecule has 0 aliphatic carbocycles. The maximum Gasteiger partial charge on any atom is 0.261 e. The smallest absolute Gasteiger partial charge is 0.261 e. The highest BCUT2D eigenvalue weighted by atomic mass is 35.5. The average molecular weight is 500 g/mol. The molecule has 0 aliphatic rings. The second-order valence-corrected chi connectivity index (χ2v) is 9.07. The molecule has 0 saturated carbocycles. The molecule has 5 nitrogen and oxygen atoms in total. The van der Waals surface area contributed by atoms with Gasteiger partial charge >= 0.3 is 0 Å². The Bertz CT molecular complexity index is 938. The van der Waals surface area contributed by atoms with E-state index in [0.29, 0.717) is 26.4 Å². The average Bonchev–Trinajstić information content (AvgIpc) is 2.74. The van der Waals surface area contributed by atoms with Crippen molar-refractivity contribution in [1.29, 1.82) is 0 Å². The van der Waals surface area contributed by atoms with Crippen molar-refractivity contribution in [3.63, 3.8) is 0 Å². The number of nitrogens with zero attached hydrogens (tertiary/aromatic N) is 1. The molecule has 8 heteroatoms. The van der Waals surface area contributed by atoms with Crippen LogP contribution in [0.2, 0.25) is 15.1 Å². The van der Waals surface area contributed by atoms with Crippen molar-refractivity contribution in [3.05, 3.63) is 62.1 Å². The predicted molar refractivity (Wildman–Crippen MR) is 131 cm³/mol. The number of hydrogen-bond donors (Lipinski definition) is 1. The standard InChI is InChI=1S/C24H29Cl3N2O3/c1-6-16(4)28-24(31)17(5)29(12-19-20(25)8-7-9-21(19)26)22(30)13-32-18-10-14(2)23(27)15(3)11-18/h7-11,16-17H,6,12-13H2,1-5H3,(H,28,31)/t16-,17-/m0/s1. The highest BCUT2D eigenvalue weighted by Crippen LogP contribution is 2.28. The van der Waals surface area contributed by atoms with Crippen molar-refractivity contribution in [2.45, 2.75) is 59.7 Å². The quantitative estimate of drug-likeness (QED) is 0.462. The summed E-state index contributed by atoms with van der Waals surface area (Å²) in [6, 6.07) is 7.92. The van der Waals surface area contributed by atoms with Gasteiger partial charge in [-0.25, -0.2) is 0 Å². The van der Waals surface area contributed by atoms with Crippen LogP contribution in [0.25, 0.3) is 0 Å². The molecule has 2 amide bonds. The molecule has 2 rings (SSSR count). The zero-order valence-electron chi connectivity index (χ0n) is 19.0. The fourth-order valence-electron chi connectivity index (χ4n) is 3.12. The molecule has 0 fully saturated rings. The summed E-state index contributed by atoms with van der Waals surface area (Å²) in [5.41, 5.74) is 2.29. The maximum atomic E-state index is 13.2. The van der Waals surface area contributed by atoms with Gasteiger partial charge in [-0.15, -0.1) is 0 Å². The van der Waals surface area contributed by atoms with E-state index < -0.39 is 6.04 Å². The Hall–Kier alpha value is -1.95. The van der Waals surface area contributed by atoms with Crippen LogP contribution in [-0.2, 0) is 16.1 Å². The number of ether oxygens (including phenoxy) is 1. The number of nitrogens with one attached hydrogen (secondary N) is 1. The lowest BCUT2D eigenvalue weighted by Crippen LogP contribution is -2.50. The number of hydrogen-bond acceptors (Lipinski definition) is 3. The monoisotopic (exact) mass is 498 g/mol. The van der Waals surface area contributed by atoms with Gasteiger partial charge in [0.15, 0.2) is 6.61 Å². The van der Waals surface area contributed by atoms with Crippen LogP contribution in [0.5, 0.6) is 5.75 Å². The SMILES string of the molecule is CC[C@H](C)NC(=O)[C@H](C)N(Cc1c(Cl)cccc1Cl)C(=O)COc1cc(C)c(Cl)c(C)c1. The zero-order chi connectivity index (χ0) is 24.0. The molecule has 174 valence electrons. The fourth-order valence-corrected chi connectivity index (χ4v) is 3.75. The molecule has 0 aromatic heterocycles. The van der Waals surface area contributed by atoms with Gasteiger partial charge in [0.05, 0.1) is 0 Å². The molecule has 0 radical (unpaired) electrons. The van der Waals surface area contributed by atoms with Gasteiger partial charge in [-0.3, -0.25) is 9.59 Å². The molecule has 0 heterocycles. The number of aryl methyl sites for hydroxylation is 2. The van der Waals surface area contributed by atoms with E-state index in [1.54, 1.807) is 37.3 Å². The first-order chi connectivity index (χ1) is 15.0. The van der Waals surface area contributed by atoms with Gasteiger partial charge in [-0.05, 0) is 69.5 Å². The van der Waals surface area contributed by atoms with Gasteiger partial charge in [-0.1, -0.05) is 47.8 Å². The Balaban J connectivity index is 2.26. The molecular weight excluding hydrogens is 471 g/mol. The molecule has 0 aliphatic heterocycles. The van der Waals surface area contributed by atoms with Crippen molar-refractivity contribution in [3.8, 4) is 5.75 Å². The summed E-state index contributed by atoms with van der Waals surface area (Å²) in [6.45, 7) is 9.14. The molecular formula is C24H29Cl3N2O3. The first kappa shape index (κ1) is 26.3. The third kappa shape index (κ3) is 6.77. The zero-order valence-corrected chi connectivity index (χ0v) is 21.2. The van der Waals surface area contributed by atoms with Crippen LogP contribution in [0.4, 0.5) is 0 Å². The Morgan fingerprint density at radius 2 is 1.62 bits per heavy atom. The molecule has 2 atom stereocenters. The Kier molecular flexibility index (Phi) is 9.68. The maximum absolute atomic E-state index is 13.2. The lowest BCUT2D eigenvalue weighted by atomic mass is 10.1. The van der Waals surface area contributed by atoms with E-state index in [9.17, 15) is 9.59 Å². The number of benzene rings is 2. The van der Waals surface area contributed by atoms with Crippen molar-refractivity contribution < 1.29 is 14.3 Å². The number of carbonyl (C=O) groups is 2. The first-order valence-corrected chi connectivity index (χ1v) is 11.6. The van der Waals surface area contributed by atoms with E-state index >= 15 is 0 Å². The van der Waals surface area contributed by atoms with Gasteiger partial charge < -0.3 is 15.0 Å². The predicted octanol–water partition coefficient (Wildman–Crippen LogP) is 5.97. The molecule has 0 spiro atoms. The Labute approximate surface area is 205 Å². The van der Waals surface area contributed by atoms with Crippen LogP contribution in [0.15, 0.2) is 30.3 Å². The van der Waals surface area contributed by atoms with Gasteiger partial charge in [-0.2, -0.15) is 0 Å². The van der Waals surface area contributed by atoms with E-state index in [4.69, 9.17) is 39.5 Å². The van der Waals surface area contributed by atoms with Crippen LogP contribution in [0.1, 0.15) is 43.9 Å². The van der Waals surface area contributed by atoms with Crippen LogP contribution >= 0.6 is 34.8 Å². The number of halogens is 3. The highest BCUT2D eigenvalue weighted by molar-refractivity contribution is 6.36. The molecule has 32 heavy (non-hydrogen) atoms. The van der Waals surface area contributed by atoms with Crippen molar-refractivity contribution in [2.24, 2.45) is 0 Å². The first-order valence-electron chi connectivity index (χ1n) is 10.5. The molecule has 2 aromatic carbocycles. The molecule has 0 saturated heterocycles. The summed E-state index contributed by atoms with van der Waals surface area (Å²) in [7, 11) is 0. The number of amides is 2. The number of carbonyl (C=O) groups excluding carboxylic acids is 2. The van der Waals surface area contributed by atoms with Crippen LogP contribution in [-0.4, -0.2) is 35.4 Å². The normalized spacial score (nSPS) is 12.8. The summed E-state index contributed by atoms with van der Waals surface area (Å²) in [5.74, 6) is -0.0858. The molecule has 0 unspecified atom stereocenters. The Morgan fingerprint density at radius 1 is 1.06 bits per heavy atom.